The van der Waals surface area contributed by atoms with Crippen LogP contribution in [0.1, 0.15) is 24.1 Å². The van der Waals surface area contributed by atoms with E-state index in [1.807, 2.05) is 19.1 Å². The van der Waals surface area contributed by atoms with Crippen LogP contribution in [0, 0.1) is 12.7 Å². The van der Waals surface area contributed by atoms with Gasteiger partial charge in [-0.15, -0.1) is 0 Å². The largest absolute Gasteiger partial charge is 0.453 e. The number of hydrogen-bond donors (Lipinski definition) is 1. The third-order valence-electron chi connectivity index (χ3n) is 3.28. The van der Waals surface area contributed by atoms with Crippen LogP contribution in [0.3, 0.4) is 0 Å². The highest BCUT2D eigenvalue weighted by atomic mass is 19.1. The fraction of sp³-hybridized carbons (Fsp3) is 0.312. The molecule has 0 bridgehead atoms. The zero-order valence-electron chi connectivity index (χ0n) is 11.4. The molecule has 1 aromatic carbocycles. The molecule has 2 aromatic rings. The summed E-state index contributed by atoms with van der Waals surface area (Å²) in [7, 11) is 0. The molecule has 1 aliphatic rings. The third-order valence-corrected chi connectivity index (χ3v) is 3.28. The summed E-state index contributed by atoms with van der Waals surface area (Å²) in [6.07, 6.45) is 4.05. The van der Waals surface area contributed by atoms with Gasteiger partial charge in [-0.1, -0.05) is 6.07 Å². The van der Waals surface area contributed by atoms with E-state index in [2.05, 4.69) is 10.3 Å². The predicted molar refractivity (Wildman–Crippen MR) is 75.3 cm³/mol. The monoisotopic (exact) mass is 272 g/mol. The normalized spacial score (nSPS) is 14.3. The first kappa shape index (κ1) is 13.1. The Morgan fingerprint density at radius 3 is 2.80 bits per heavy atom. The van der Waals surface area contributed by atoms with Crippen molar-refractivity contribution in [1.82, 2.24) is 10.3 Å². The van der Waals surface area contributed by atoms with Crippen molar-refractivity contribution in [3.63, 3.8) is 0 Å². The first-order chi connectivity index (χ1) is 9.70. The number of pyridine rings is 1. The van der Waals surface area contributed by atoms with Crippen molar-refractivity contribution >= 4 is 0 Å². The van der Waals surface area contributed by atoms with Crippen molar-refractivity contribution in [2.75, 3.05) is 0 Å². The number of nitrogens with zero attached hydrogens (tertiary/aromatic N) is 1. The summed E-state index contributed by atoms with van der Waals surface area (Å²) in [4.78, 5) is 4.12. The number of rotatable bonds is 5. The van der Waals surface area contributed by atoms with E-state index in [4.69, 9.17) is 4.74 Å². The summed E-state index contributed by atoms with van der Waals surface area (Å²) in [6.45, 7) is 2.60. The molecule has 0 spiro atoms. The van der Waals surface area contributed by atoms with E-state index in [0.717, 1.165) is 11.3 Å². The summed E-state index contributed by atoms with van der Waals surface area (Å²) in [5, 5.41) is 3.36. The molecule has 4 heteroatoms. The van der Waals surface area contributed by atoms with Gasteiger partial charge in [0.05, 0.1) is 6.20 Å². The van der Waals surface area contributed by atoms with Gasteiger partial charge in [-0.05, 0) is 49.6 Å². The van der Waals surface area contributed by atoms with Gasteiger partial charge in [0, 0.05) is 18.3 Å². The second-order valence-corrected chi connectivity index (χ2v) is 5.16. The minimum Gasteiger partial charge on any atom is -0.453 e. The molecule has 0 saturated heterocycles. The molecule has 104 valence electrons. The Labute approximate surface area is 117 Å². The van der Waals surface area contributed by atoms with Gasteiger partial charge in [0.1, 0.15) is 5.75 Å². The minimum atomic E-state index is -0.347. The molecule has 1 fully saturated rings. The Hall–Kier alpha value is -1.94. The Bertz CT molecular complexity index is 594. The summed E-state index contributed by atoms with van der Waals surface area (Å²) in [5.41, 5.74) is 1.84. The zero-order chi connectivity index (χ0) is 13.9. The Kier molecular flexibility index (Phi) is 3.65. The lowest BCUT2D eigenvalue weighted by Crippen LogP contribution is -2.15. The molecule has 3 rings (SSSR count). The Morgan fingerprint density at radius 1 is 1.30 bits per heavy atom. The molecule has 0 unspecified atom stereocenters. The average molecular weight is 272 g/mol. The first-order valence-electron chi connectivity index (χ1n) is 6.83. The van der Waals surface area contributed by atoms with Gasteiger partial charge in [-0.2, -0.15) is 0 Å². The fourth-order valence-corrected chi connectivity index (χ4v) is 1.93. The molecular formula is C16H17FN2O. The van der Waals surface area contributed by atoms with Gasteiger partial charge in [-0.25, -0.2) is 4.39 Å². The second-order valence-electron chi connectivity index (χ2n) is 5.16. The van der Waals surface area contributed by atoms with Crippen LogP contribution < -0.4 is 10.1 Å². The topological polar surface area (TPSA) is 34.1 Å². The van der Waals surface area contributed by atoms with Crippen molar-refractivity contribution in [2.45, 2.75) is 32.4 Å². The molecule has 0 radical (unpaired) electrons. The quantitative estimate of drug-likeness (QED) is 0.903. The van der Waals surface area contributed by atoms with Crippen molar-refractivity contribution in [2.24, 2.45) is 0 Å². The van der Waals surface area contributed by atoms with Gasteiger partial charge < -0.3 is 10.1 Å². The minimum absolute atomic E-state index is 0.228. The summed E-state index contributed by atoms with van der Waals surface area (Å²) in [5.74, 6) is 0.421. The van der Waals surface area contributed by atoms with Crippen molar-refractivity contribution < 1.29 is 9.13 Å². The fourth-order valence-electron chi connectivity index (χ4n) is 1.93. The average Bonchev–Trinajstić information content (AvgIpc) is 3.26. The standard InChI is InChI=1S/C16H17FN2O/c1-11-2-6-14(10-18-11)20-16-7-3-12(8-15(16)17)9-19-13-4-5-13/h2-3,6-8,10,13,19H,4-5,9H2,1H3. The maximum absolute atomic E-state index is 14.0. The number of aryl methyl sites for hydroxylation is 1. The van der Waals surface area contributed by atoms with E-state index in [1.165, 1.54) is 18.9 Å². The molecule has 20 heavy (non-hydrogen) atoms. The van der Waals surface area contributed by atoms with E-state index < -0.39 is 0 Å². The highest BCUT2D eigenvalue weighted by Crippen LogP contribution is 2.25. The van der Waals surface area contributed by atoms with Crippen LogP contribution in [0.4, 0.5) is 4.39 Å². The van der Waals surface area contributed by atoms with Gasteiger partial charge >= 0.3 is 0 Å². The molecule has 0 aliphatic heterocycles. The predicted octanol–water partition coefficient (Wildman–Crippen LogP) is 3.57. The highest BCUT2D eigenvalue weighted by Gasteiger charge is 2.20. The zero-order valence-corrected chi connectivity index (χ0v) is 11.4. The molecule has 1 aromatic heterocycles. The van der Waals surface area contributed by atoms with Gasteiger partial charge in [0.2, 0.25) is 0 Å². The summed E-state index contributed by atoms with van der Waals surface area (Å²) >= 11 is 0. The van der Waals surface area contributed by atoms with E-state index in [1.54, 1.807) is 18.3 Å². The molecule has 1 N–H and O–H groups in total. The van der Waals surface area contributed by atoms with E-state index in [0.29, 0.717) is 18.3 Å². The van der Waals surface area contributed by atoms with E-state index >= 15 is 0 Å². The van der Waals surface area contributed by atoms with Crippen LogP contribution in [0.15, 0.2) is 36.5 Å². The SMILES string of the molecule is Cc1ccc(Oc2ccc(CNC3CC3)cc2F)cn1. The molecule has 1 heterocycles. The number of halogens is 1. The van der Waals surface area contributed by atoms with Crippen molar-refractivity contribution in [3.8, 4) is 11.5 Å². The lowest BCUT2D eigenvalue weighted by Gasteiger charge is -2.09. The number of nitrogens with one attached hydrogen (secondary N) is 1. The maximum Gasteiger partial charge on any atom is 0.166 e. The molecule has 1 saturated carbocycles. The Balaban J connectivity index is 1.68. The van der Waals surface area contributed by atoms with Crippen LogP contribution in [0.5, 0.6) is 11.5 Å². The molecular weight excluding hydrogens is 255 g/mol. The van der Waals surface area contributed by atoms with Crippen LogP contribution in [-0.2, 0) is 6.54 Å². The molecule has 1 aliphatic carbocycles. The van der Waals surface area contributed by atoms with Crippen molar-refractivity contribution in [1.29, 1.82) is 0 Å². The maximum atomic E-state index is 14.0. The number of benzene rings is 1. The second kappa shape index (κ2) is 5.59. The van der Waals surface area contributed by atoms with E-state index in [-0.39, 0.29) is 11.6 Å². The highest BCUT2D eigenvalue weighted by molar-refractivity contribution is 5.33. The molecule has 0 atom stereocenters. The lowest BCUT2D eigenvalue weighted by atomic mass is 10.2. The number of hydrogen-bond acceptors (Lipinski definition) is 3. The van der Waals surface area contributed by atoms with Crippen LogP contribution in [-0.4, -0.2) is 11.0 Å². The Morgan fingerprint density at radius 2 is 2.15 bits per heavy atom. The van der Waals surface area contributed by atoms with E-state index in [9.17, 15) is 4.39 Å². The van der Waals surface area contributed by atoms with Crippen molar-refractivity contribution in [3.05, 3.63) is 53.6 Å². The number of aromatic nitrogens is 1. The van der Waals surface area contributed by atoms with Gasteiger partial charge in [-0.3, -0.25) is 4.98 Å². The first-order valence-corrected chi connectivity index (χ1v) is 6.83. The summed E-state index contributed by atoms with van der Waals surface area (Å²) < 4.78 is 19.5. The molecule has 0 amide bonds. The smallest absolute Gasteiger partial charge is 0.166 e. The third kappa shape index (κ3) is 3.33. The molecule has 3 nitrogen and oxygen atoms in total. The van der Waals surface area contributed by atoms with Gasteiger partial charge in [0.25, 0.3) is 0 Å². The van der Waals surface area contributed by atoms with Crippen LogP contribution in [0.25, 0.3) is 0 Å². The lowest BCUT2D eigenvalue weighted by molar-refractivity contribution is 0.439. The van der Waals surface area contributed by atoms with Gasteiger partial charge in [0.15, 0.2) is 11.6 Å². The van der Waals surface area contributed by atoms with Crippen LogP contribution >= 0.6 is 0 Å². The van der Waals surface area contributed by atoms with Crippen LogP contribution in [0.2, 0.25) is 0 Å². The number of ether oxygens (including phenoxy) is 1. The summed E-state index contributed by atoms with van der Waals surface area (Å²) in [6, 6.07) is 9.31.